The Hall–Kier alpha value is -0.680. The standard InChI is InChI=1S/C2H4N2O2S/c3-1(5)2(7)4-6/h6H,(H2,3,5)(H,4,7). The molecule has 0 aliphatic carbocycles. The number of thiocarbonyl (C=S) groups is 1. The van der Waals surface area contributed by atoms with E-state index in [1.807, 2.05) is 0 Å². The maximum atomic E-state index is 9.79. The van der Waals surface area contributed by atoms with E-state index in [0.717, 1.165) is 0 Å². The van der Waals surface area contributed by atoms with Crippen LogP contribution in [0.25, 0.3) is 0 Å². The SMILES string of the molecule is NC(=O)C(=S)NO. The monoisotopic (exact) mass is 120 g/mol. The molecule has 7 heavy (non-hydrogen) atoms. The molecule has 1 amide bonds. The number of rotatable bonds is 0. The van der Waals surface area contributed by atoms with Gasteiger partial charge in [-0.3, -0.25) is 15.5 Å². The molecule has 0 saturated heterocycles. The summed E-state index contributed by atoms with van der Waals surface area (Å²) in [6.07, 6.45) is 0. The van der Waals surface area contributed by atoms with Crippen molar-refractivity contribution in [1.82, 2.24) is 5.48 Å². The fraction of sp³-hybridized carbons (Fsp3) is 0. The molecule has 4 N–H and O–H groups in total. The molecule has 40 valence electrons. The van der Waals surface area contributed by atoms with Crippen LogP contribution in [0.1, 0.15) is 0 Å². The lowest BCUT2D eigenvalue weighted by molar-refractivity contribution is -0.112. The second kappa shape index (κ2) is 2.49. The van der Waals surface area contributed by atoms with Crippen molar-refractivity contribution >= 4 is 23.1 Å². The molecule has 0 saturated carbocycles. The Morgan fingerprint density at radius 3 is 2.29 bits per heavy atom. The van der Waals surface area contributed by atoms with Crippen molar-refractivity contribution in [2.24, 2.45) is 5.73 Å². The molecule has 0 radical (unpaired) electrons. The van der Waals surface area contributed by atoms with Gasteiger partial charge in [0.2, 0.25) is 0 Å². The van der Waals surface area contributed by atoms with Gasteiger partial charge in [0, 0.05) is 0 Å². The number of carbonyl (C=O) groups excluding carboxylic acids is 1. The normalized spacial score (nSPS) is 7.57. The van der Waals surface area contributed by atoms with Crippen LogP contribution in [-0.4, -0.2) is 16.1 Å². The third-order valence-corrected chi connectivity index (χ3v) is 0.618. The highest BCUT2D eigenvalue weighted by Crippen LogP contribution is 1.61. The Morgan fingerprint density at radius 1 is 1.86 bits per heavy atom. The molecule has 0 heterocycles. The maximum Gasteiger partial charge on any atom is 0.278 e. The predicted molar refractivity (Wildman–Crippen MR) is 26.7 cm³/mol. The minimum Gasteiger partial charge on any atom is -0.364 e. The van der Waals surface area contributed by atoms with Gasteiger partial charge in [-0.05, 0) is 0 Å². The molecule has 0 aliphatic heterocycles. The Morgan fingerprint density at radius 2 is 2.29 bits per heavy atom. The zero-order valence-electron chi connectivity index (χ0n) is 3.34. The zero-order chi connectivity index (χ0) is 5.86. The third kappa shape index (κ3) is 2.07. The summed E-state index contributed by atoms with van der Waals surface area (Å²) >= 11 is 4.14. The van der Waals surface area contributed by atoms with E-state index in [-0.39, 0.29) is 4.99 Å². The van der Waals surface area contributed by atoms with E-state index >= 15 is 0 Å². The highest BCUT2D eigenvalue weighted by molar-refractivity contribution is 7.82. The van der Waals surface area contributed by atoms with Gasteiger partial charge in [0.15, 0.2) is 4.99 Å². The lowest BCUT2D eigenvalue weighted by atomic mass is 10.6. The van der Waals surface area contributed by atoms with Crippen LogP contribution in [0.15, 0.2) is 0 Å². The summed E-state index contributed by atoms with van der Waals surface area (Å²) < 4.78 is 0. The predicted octanol–water partition coefficient (Wildman–Crippen LogP) is -1.22. The number of carbonyl (C=O) groups is 1. The van der Waals surface area contributed by atoms with Crippen LogP contribution >= 0.6 is 12.2 Å². The molecule has 0 aromatic heterocycles. The summed E-state index contributed by atoms with van der Waals surface area (Å²) in [5.74, 6) is -0.836. The smallest absolute Gasteiger partial charge is 0.278 e. The molecular weight excluding hydrogens is 116 g/mol. The summed E-state index contributed by atoms with van der Waals surface area (Å²) in [5.41, 5.74) is 5.97. The first-order valence-electron chi connectivity index (χ1n) is 1.42. The van der Waals surface area contributed by atoms with Crippen LogP contribution < -0.4 is 11.2 Å². The van der Waals surface area contributed by atoms with Crippen molar-refractivity contribution in [2.75, 3.05) is 0 Å². The van der Waals surface area contributed by atoms with Crippen LogP contribution in [0.3, 0.4) is 0 Å². The van der Waals surface area contributed by atoms with E-state index in [9.17, 15) is 4.79 Å². The second-order valence-electron chi connectivity index (χ2n) is 0.805. The van der Waals surface area contributed by atoms with Gasteiger partial charge in [0.1, 0.15) is 0 Å². The van der Waals surface area contributed by atoms with E-state index in [0.29, 0.717) is 0 Å². The summed E-state index contributed by atoms with van der Waals surface area (Å²) in [6, 6.07) is 0. The number of nitrogens with one attached hydrogen (secondary N) is 1. The first kappa shape index (κ1) is 6.32. The van der Waals surface area contributed by atoms with Gasteiger partial charge >= 0.3 is 0 Å². The first-order chi connectivity index (χ1) is 3.18. The Balaban J connectivity index is 3.58. The minimum absolute atomic E-state index is 0.375. The second-order valence-corrected chi connectivity index (χ2v) is 1.21. The van der Waals surface area contributed by atoms with Crippen LogP contribution in [0.4, 0.5) is 0 Å². The molecule has 0 unspecified atom stereocenters. The molecule has 5 heteroatoms. The van der Waals surface area contributed by atoms with Gasteiger partial charge in [0.05, 0.1) is 0 Å². The van der Waals surface area contributed by atoms with Crippen molar-refractivity contribution in [3.63, 3.8) is 0 Å². The van der Waals surface area contributed by atoms with Crippen LogP contribution in [0.2, 0.25) is 0 Å². The van der Waals surface area contributed by atoms with E-state index < -0.39 is 5.91 Å². The number of nitrogens with two attached hydrogens (primary N) is 1. The quantitative estimate of drug-likeness (QED) is 0.276. The highest BCUT2D eigenvalue weighted by Gasteiger charge is 1.97. The largest absolute Gasteiger partial charge is 0.364 e. The highest BCUT2D eigenvalue weighted by atomic mass is 32.1. The van der Waals surface area contributed by atoms with Gasteiger partial charge in [-0.15, -0.1) is 0 Å². The third-order valence-electron chi connectivity index (χ3n) is 0.325. The van der Waals surface area contributed by atoms with Crippen LogP contribution in [0, 0.1) is 0 Å². The molecule has 0 spiro atoms. The van der Waals surface area contributed by atoms with Crippen LogP contribution in [-0.2, 0) is 4.79 Å². The number of hydrogen-bond donors (Lipinski definition) is 3. The molecule has 0 aromatic carbocycles. The fourth-order valence-electron chi connectivity index (χ4n) is 0.0551. The Bertz CT molecular complexity index is 102. The number of hydroxylamine groups is 1. The van der Waals surface area contributed by atoms with Gasteiger partial charge in [-0.25, -0.2) is 0 Å². The van der Waals surface area contributed by atoms with Crippen molar-refractivity contribution in [2.45, 2.75) is 0 Å². The molecule has 0 fully saturated rings. The number of primary amides is 1. The lowest BCUT2D eigenvalue weighted by Gasteiger charge is -1.89. The van der Waals surface area contributed by atoms with Gasteiger partial charge < -0.3 is 5.73 Å². The molecule has 0 aromatic rings. The van der Waals surface area contributed by atoms with Gasteiger partial charge in [-0.1, -0.05) is 12.2 Å². The van der Waals surface area contributed by atoms with E-state index in [4.69, 9.17) is 5.21 Å². The van der Waals surface area contributed by atoms with Crippen LogP contribution in [0.5, 0.6) is 0 Å². The van der Waals surface area contributed by atoms with Crippen molar-refractivity contribution < 1.29 is 10.0 Å². The summed E-state index contributed by atoms with van der Waals surface area (Å²) in [4.78, 5) is 9.41. The summed E-state index contributed by atoms with van der Waals surface area (Å²) in [5, 5.41) is 7.81. The lowest BCUT2D eigenvalue weighted by Crippen LogP contribution is -2.31. The van der Waals surface area contributed by atoms with Gasteiger partial charge in [-0.2, -0.15) is 0 Å². The molecule has 0 rings (SSSR count). The van der Waals surface area contributed by atoms with E-state index in [1.165, 1.54) is 5.48 Å². The topological polar surface area (TPSA) is 75.4 Å². The average Bonchev–Trinajstić information content (AvgIpc) is 1.65. The Labute approximate surface area is 45.3 Å². The van der Waals surface area contributed by atoms with Crippen molar-refractivity contribution in [1.29, 1.82) is 0 Å². The fourth-order valence-corrected chi connectivity index (χ4v) is 0.0551. The molecule has 4 nitrogen and oxygen atoms in total. The van der Waals surface area contributed by atoms with E-state index in [2.05, 4.69) is 18.0 Å². The molecule has 0 aliphatic rings. The number of amides is 1. The molecule has 0 atom stereocenters. The van der Waals surface area contributed by atoms with Gasteiger partial charge in [0.25, 0.3) is 5.91 Å². The molecule has 0 bridgehead atoms. The minimum atomic E-state index is -0.836. The van der Waals surface area contributed by atoms with Crippen molar-refractivity contribution in [3.8, 4) is 0 Å². The first-order valence-corrected chi connectivity index (χ1v) is 1.83. The Kier molecular flexibility index (Phi) is 2.24. The van der Waals surface area contributed by atoms with Crippen molar-refractivity contribution in [3.05, 3.63) is 0 Å². The average molecular weight is 120 g/mol. The summed E-state index contributed by atoms with van der Waals surface area (Å²) in [7, 11) is 0. The summed E-state index contributed by atoms with van der Waals surface area (Å²) in [6.45, 7) is 0. The number of hydrogen-bond acceptors (Lipinski definition) is 3. The molecular formula is C2H4N2O2S. The van der Waals surface area contributed by atoms with E-state index in [1.54, 1.807) is 0 Å². The zero-order valence-corrected chi connectivity index (χ0v) is 4.16. The maximum absolute atomic E-state index is 9.79.